The van der Waals surface area contributed by atoms with Crippen LogP contribution in [0.25, 0.3) is 0 Å². The summed E-state index contributed by atoms with van der Waals surface area (Å²) in [6.45, 7) is 4.19. The normalized spacial score (nSPS) is 34.4. The third-order valence-corrected chi connectivity index (χ3v) is 6.15. The summed E-state index contributed by atoms with van der Waals surface area (Å²) in [5.41, 5.74) is 2.32. The van der Waals surface area contributed by atoms with Crippen LogP contribution in [-0.2, 0) is 4.79 Å². The quantitative estimate of drug-likeness (QED) is 0.919. The van der Waals surface area contributed by atoms with Crippen LogP contribution >= 0.6 is 0 Å². The molecule has 1 N–H and O–H groups in total. The first-order valence-electron chi connectivity index (χ1n) is 9.02. The predicted molar refractivity (Wildman–Crippen MR) is 90.5 cm³/mol. The fourth-order valence-electron chi connectivity index (χ4n) is 5.60. The van der Waals surface area contributed by atoms with E-state index < -0.39 is 0 Å². The Morgan fingerprint density at radius 1 is 1.13 bits per heavy atom. The molecule has 124 valence electrons. The number of carbonyl (C=O) groups is 1. The Morgan fingerprint density at radius 2 is 1.74 bits per heavy atom. The largest absolute Gasteiger partial charge is 0.483 e. The van der Waals surface area contributed by atoms with Crippen molar-refractivity contribution in [3.63, 3.8) is 0 Å². The molecule has 0 saturated heterocycles. The number of hydrogen-bond donors (Lipinski definition) is 1. The van der Waals surface area contributed by atoms with Crippen LogP contribution in [0.2, 0.25) is 0 Å². The topological polar surface area (TPSA) is 38.3 Å². The third kappa shape index (κ3) is 2.98. The molecule has 1 amide bonds. The summed E-state index contributed by atoms with van der Waals surface area (Å²) < 4.78 is 5.78. The lowest BCUT2D eigenvalue weighted by molar-refractivity contribution is -0.128. The van der Waals surface area contributed by atoms with Gasteiger partial charge in [-0.15, -0.1) is 0 Å². The van der Waals surface area contributed by atoms with Crippen molar-refractivity contribution in [1.82, 2.24) is 5.32 Å². The van der Waals surface area contributed by atoms with Gasteiger partial charge < -0.3 is 10.1 Å². The van der Waals surface area contributed by atoms with E-state index in [4.69, 9.17) is 4.74 Å². The standard InChI is InChI=1S/C20H27NO2/c1-13-3-4-14(2)18(5-13)23-12-19(22)21-20-9-15-6-16(10-20)8-17(7-15)11-20/h3-5,15-17H,6-12H2,1-2H3,(H,21,22). The molecular weight excluding hydrogens is 286 g/mol. The van der Waals surface area contributed by atoms with Crippen molar-refractivity contribution in [2.75, 3.05) is 6.61 Å². The Labute approximate surface area is 138 Å². The van der Waals surface area contributed by atoms with Gasteiger partial charge in [0.2, 0.25) is 0 Å². The molecule has 5 rings (SSSR count). The molecule has 4 saturated carbocycles. The Morgan fingerprint density at radius 3 is 2.35 bits per heavy atom. The Hall–Kier alpha value is -1.51. The monoisotopic (exact) mass is 313 g/mol. The number of ether oxygens (including phenoxy) is 1. The maximum atomic E-state index is 12.5. The van der Waals surface area contributed by atoms with Crippen LogP contribution in [0.1, 0.15) is 49.7 Å². The zero-order chi connectivity index (χ0) is 16.0. The summed E-state index contributed by atoms with van der Waals surface area (Å²) in [5.74, 6) is 3.42. The smallest absolute Gasteiger partial charge is 0.258 e. The van der Waals surface area contributed by atoms with E-state index in [9.17, 15) is 4.79 Å². The van der Waals surface area contributed by atoms with Crippen molar-refractivity contribution in [3.05, 3.63) is 29.3 Å². The van der Waals surface area contributed by atoms with Crippen molar-refractivity contribution in [3.8, 4) is 5.75 Å². The zero-order valence-electron chi connectivity index (χ0n) is 14.2. The van der Waals surface area contributed by atoms with Gasteiger partial charge in [0, 0.05) is 5.54 Å². The maximum absolute atomic E-state index is 12.5. The van der Waals surface area contributed by atoms with Crippen molar-refractivity contribution < 1.29 is 9.53 Å². The van der Waals surface area contributed by atoms with Crippen molar-refractivity contribution in [1.29, 1.82) is 0 Å². The molecule has 4 aliphatic carbocycles. The van der Waals surface area contributed by atoms with Gasteiger partial charge in [0.1, 0.15) is 5.75 Å². The van der Waals surface area contributed by atoms with Gasteiger partial charge in [-0.3, -0.25) is 4.79 Å². The minimum absolute atomic E-state index is 0.0489. The summed E-state index contributed by atoms with van der Waals surface area (Å²) in [5, 5.41) is 3.36. The van der Waals surface area contributed by atoms with Crippen LogP contribution in [0.5, 0.6) is 5.75 Å². The highest BCUT2D eigenvalue weighted by atomic mass is 16.5. The Balaban J connectivity index is 1.38. The molecule has 0 atom stereocenters. The summed E-state index contributed by atoms with van der Waals surface area (Å²) in [7, 11) is 0. The summed E-state index contributed by atoms with van der Waals surface area (Å²) in [4.78, 5) is 12.5. The van der Waals surface area contributed by atoms with Crippen LogP contribution in [0, 0.1) is 31.6 Å². The van der Waals surface area contributed by atoms with Gasteiger partial charge in [-0.1, -0.05) is 12.1 Å². The first kappa shape index (κ1) is 15.0. The third-order valence-electron chi connectivity index (χ3n) is 6.15. The number of benzene rings is 1. The number of aryl methyl sites for hydroxylation is 2. The SMILES string of the molecule is Cc1ccc(C)c(OCC(=O)NC23CC4CC(CC(C4)C2)C3)c1. The van der Waals surface area contributed by atoms with E-state index in [2.05, 4.69) is 11.4 Å². The van der Waals surface area contributed by atoms with Gasteiger partial charge in [-0.25, -0.2) is 0 Å². The molecule has 23 heavy (non-hydrogen) atoms. The van der Waals surface area contributed by atoms with Crippen LogP contribution in [0.3, 0.4) is 0 Å². The van der Waals surface area contributed by atoms with Gasteiger partial charge in [-0.05, 0) is 87.3 Å². The summed E-state index contributed by atoms with van der Waals surface area (Å²) in [6.07, 6.45) is 7.76. The van der Waals surface area contributed by atoms with E-state index in [1.54, 1.807) is 0 Å². The second-order valence-electron chi connectivity index (χ2n) is 8.30. The molecule has 4 aliphatic rings. The molecule has 0 aromatic heterocycles. The van der Waals surface area contributed by atoms with E-state index in [0.717, 1.165) is 34.6 Å². The van der Waals surface area contributed by atoms with E-state index in [0.29, 0.717) is 0 Å². The summed E-state index contributed by atoms with van der Waals surface area (Å²) in [6, 6.07) is 6.12. The highest BCUT2D eigenvalue weighted by Gasteiger charge is 2.51. The van der Waals surface area contributed by atoms with Crippen LogP contribution in [0.4, 0.5) is 0 Å². The molecular formula is C20H27NO2. The van der Waals surface area contributed by atoms with Gasteiger partial charge in [-0.2, -0.15) is 0 Å². The van der Waals surface area contributed by atoms with Gasteiger partial charge in [0.25, 0.3) is 5.91 Å². The van der Waals surface area contributed by atoms with Gasteiger partial charge >= 0.3 is 0 Å². The molecule has 0 aliphatic heterocycles. The zero-order valence-corrected chi connectivity index (χ0v) is 14.2. The molecule has 4 bridgehead atoms. The molecule has 1 aromatic carbocycles. The lowest BCUT2D eigenvalue weighted by atomic mass is 9.53. The highest BCUT2D eigenvalue weighted by molar-refractivity contribution is 5.78. The molecule has 0 unspecified atom stereocenters. The highest BCUT2D eigenvalue weighted by Crippen LogP contribution is 2.55. The minimum Gasteiger partial charge on any atom is -0.483 e. The Bertz CT molecular complexity index is 587. The fourth-order valence-corrected chi connectivity index (χ4v) is 5.60. The second kappa shape index (κ2) is 5.54. The van der Waals surface area contributed by atoms with Crippen molar-refractivity contribution >= 4 is 5.91 Å². The molecule has 1 aromatic rings. The first-order valence-corrected chi connectivity index (χ1v) is 9.02. The minimum atomic E-state index is 0.0489. The number of rotatable bonds is 4. The molecule has 4 fully saturated rings. The predicted octanol–water partition coefficient (Wildman–Crippen LogP) is 3.77. The molecule has 0 radical (unpaired) electrons. The van der Waals surface area contributed by atoms with E-state index in [-0.39, 0.29) is 18.1 Å². The average Bonchev–Trinajstić information content (AvgIpc) is 2.46. The number of amides is 1. The lowest BCUT2D eigenvalue weighted by Gasteiger charge is -2.56. The van der Waals surface area contributed by atoms with E-state index in [1.807, 2.05) is 26.0 Å². The number of hydrogen-bond acceptors (Lipinski definition) is 2. The fraction of sp³-hybridized carbons (Fsp3) is 0.650. The molecule has 3 nitrogen and oxygen atoms in total. The molecule has 0 heterocycles. The second-order valence-corrected chi connectivity index (χ2v) is 8.30. The van der Waals surface area contributed by atoms with Gasteiger partial charge in [0.05, 0.1) is 0 Å². The average molecular weight is 313 g/mol. The lowest BCUT2D eigenvalue weighted by Crippen LogP contribution is -2.60. The van der Waals surface area contributed by atoms with Crippen LogP contribution in [0.15, 0.2) is 18.2 Å². The van der Waals surface area contributed by atoms with Crippen LogP contribution in [-0.4, -0.2) is 18.1 Å². The summed E-state index contributed by atoms with van der Waals surface area (Å²) >= 11 is 0. The molecule has 0 spiro atoms. The Kier molecular flexibility index (Phi) is 3.62. The van der Waals surface area contributed by atoms with Gasteiger partial charge in [0.15, 0.2) is 6.61 Å². The first-order chi connectivity index (χ1) is 11.0. The maximum Gasteiger partial charge on any atom is 0.258 e. The number of carbonyl (C=O) groups excluding carboxylic acids is 1. The van der Waals surface area contributed by atoms with Crippen molar-refractivity contribution in [2.45, 2.75) is 57.9 Å². The van der Waals surface area contributed by atoms with Crippen molar-refractivity contribution in [2.24, 2.45) is 17.8 Å². The molecule has 3 heteroatoms. The van der Waals surface area contributed by atoms with E-state index in [1.165, 1.54) is 38.5 Å². The van der Waals surface area contributed by atoms with Crippen LogP contribution < -0.4 is 10.1 Å². The van der Waals surface area contributed by atoms with E-state index >= 15 is 0 Å². The number of nitrogens with one attached hydrogen (secondary N) is 1.